The van der Waals surface area contributed by atoms with Gasteiger partial charge in [-0.05, 0) is 22.8 Å². The quantitative estimate of drug-likeness (QED) is 0.408. The van der Waals surface area contributed by atoms with Crippen LogP contribution in [0.1, 0.15) is 15.9 Å². The number of primary amides is 1. The smallest absolute Gasteiger partial charge is 0.249 e. The maximum Gasteiger partial charge on any atom is 0.249 e. The number of hydrogen-bond donors (Lipinski definition) is 1. The first-order valence-corrected chi connectivity index (χ1v) is 10.5. The molecule has 2 aromatic heterocycles. The molecule has 5 aromatic rings. The number of hydrogen-bond acceptors (Lipinski definition) is 5. The fourth-order valence-electron chi connectivity index (χ4n) is 3.87. The Morgan fingerprint density at radius 2 is 1.64 bits per heavy atom. The molecule has 0 radical (unpaired) electrons. The van der Waals surface area contributed by atoms with Crippen LogP contribution in [0.3, 0.4) is 0 Å². The molecule has 0 atom stereocenters. The van der Waals surface area contributed by atoms with Crippen LogP contribution in [0.15, 0.2) is 91.5 Å². The van der Waals surface area contributed by atoms with Crippen LogP contribution < -0.4 is 5.73 Å². The second-order valence-electron chi connectivity index (χ2n) is 7.53. The molecule has 2 heterocycles. The maximum atomic E-state index is 12.3. The molecule has 0 aliphatic rings. The zero-order valence-corrected chi connectivity index (χ0v) is 17.8. The van der Waals surface area contributed by atoms with Crippen LogP contribution in [-0.2, 0) is 18.1 Å². The molecule has 2 N–H and O–H groups in total. The van der Waals surface area contributed by atoms with Crippen LogP contribution in [0.4, 0.5) is 0 Å². The van der Waals surface area contributed by atoms with Crippen LogP contribution in [0.2, 0.25) is 0 Å². The van der Waals surface area contributed by atoms with Gasteiger partial charge in [0.2, 0.25) is 5.91 Å². The topological polar surface area (TPSA) is 95.9 Å². The molecule has 162 valence electrons. The summed E-state index contributed by atoms with van der Waals surface area (Å²) < 4.78 is 7.68. The van der Waals surface area contributed by atoms with Gasteiger partial charge in [-0.1, -0.05) is 72.8 Å². The van der Waals surface area contributed by atoms with Crippen molar-refractivity contribution in [2.45, 2.75) is 13.3 Å². The summed E-state index contributed by atoms with van der Waals surface area (Å²) in [4.78, 5) is 25.8. The summed E-state index contributed by atoms with van der Waals surface area (Å²) in [5.41, 5.74) is 11.4. The number of nitrogens with zero attached hydrogens (tertiary/aromatic N) is 4. The van der Waals surface area contributed by atoms with Crippen molar-refractivity contribution in [3.63, 3.8) is 0 Å². The SMILES string of the molecule is NC(=O)c1cccc(-c2ccccc2)c1-c1ncnc2c1ncn2COCc1ccccc1. The number of carbonyl (C=O) groups is 1. The number of fused-ring (bicyclic) bond motifs is 1. The maximum absolute atomic E-state index is 12.3. The number of nitrogens with two attached hydrogens (primary N) is 1. The Morgan fingerprint density at radius 3 is 2.39 bits per heavy atom. The zero-order chi connectivity index (χ0) is 22.6. The lowest BCUT2D eigenvalue weighted by molar-refractivity contribution is 0.0661. The second kappa shape index (κ2) is 9.02. The molecule has 33 heavy (non-hydrogen) atoms. The summed E-state index contributed by atoms with van der Waals surface area (Å²) in [6.45, 7) is 0.756. The molecular formula is C26H21N5O2. The van der Waals surface area contributed by atoms with E-state index in [0.717, 1.165) is 16.7 Å². The molecular weight excluding hydrogens is 414 g/mol. The number of aromatic nitrogens is 4. The average molecular weight is 435 g/mol. The highest BCUT2D eigenvalue weighted by Gasteiger charge is 2.21. The monoisotopic (exact) mass is 435 g/mol. The molecule has 7 nitrogen and oxygen atoms in total. The van der Waals surface area contributed by atoms with E-state index in [1.165, 1.54) is 6.33 Å². The van der Waals surface area contributed by atoms with Crippen LogP contribution in [0, 0.1) is 0 Å². The molecule has 0 aliphatic carbocycles. The lowest BCUT2D eigenvalue weighted by atomic mass is 9.92. The van der Waals surface area contributed by atoms with Crippen molar-refractivity contribution in [3.05, 3.63) is 103 Å². The van der Waals surface area contributed by atoms with Gasteiger partial charge in [-0.3, -0.25) is 9.36 Å². The van der Waals surface area contributed by atoms with Gasteiger partial charge >= 0.3 is 0 Å². The van der Waals surface area contributed by atoms with Gasteiger partial charge < -0.3 is 10.5 Å². The lowest BCUT2D eigenvalue weighted by Gasteiger charge is -2.13. The van der Waals surface area contributed by atoms with Gasteiger partial charge in [-0.15, -0.1) is 0 Å². The van der Waals surface area contributed by atoms with Crippen molar-refractivity contribution in [1.82, 2.24) is 19.5 Å². The lowest BCUT2D eigenvalue weighted by Crippen LogP contribution is -2.13. The van der Waals surface area contributed by atoms with E-state index in [0.29, 0.717) is 34.6 Å². The Hall–Kier alpha value is -4.36. The Kier molecular flexibility index (Phi) is 5.61. The zero-order valence-electron chi connectivity index (χ0n) is 17.8. The van der Waals surface area contributed by atoms with Gasteiger partial charge in [0.1, 0.15) is 24.3 Å². The van der Waals surface area contributed by atoms with Crippen molar-refractivity contribution < 1.29 is 9.53 Å². The van der Waals surface area contributed by atoms with Crippen LogP contribution >= 0.6 is 0 Å². The molecule has 3 aromatic carbocycles. The molecule has 0 saturated heterocycles. The van der Waals surface area contributed by atoms with E-state index < -0.39 is 5.91 Å². The molecule has 0 fully saturated rings. The summed E-state index contributed by atoms with van der Waals surface area (Å²) in [5, 5.41) is 0. The van der Waals surface area contributed by atoms with Crippen molar-refractivity contribution >= 4 is 17.1 Å². The van der Waals surface area contributed by atoms with Crippen LogP contribution in [0.25, 0.3) is 33.5 Å². The van der Waals surface area contributed by atoms with E-state index in [9.17, 15) is 4.79 Å². The van der Waals surface area contributed by atoms with Gasteiger partial charge in [0.25, 0.3) is 0 Å². The second-order valence-corrected chi connectivity index (χ2v) is 7.53. The third-order valence-electron chi connectivity index (χ3n) is 5.39. The fourth-order valence-corrected chi connectivity index (χ4v) is 3.87. The minimum Gasteiger partial charge on any atom is -0.366 e. The first-order valence-electron chi connectivity index (χ1n) is 10.5. The highest BCUT2D eigenvalue weighted by Crippen LogP contribution is 2.36. The molecule has 7 heteroatoms. The molecule has 0 saturated carbocycles. The first kappa shape index (κ1) is 20.5. The van der Waals surface area contributed by atoms with E-state index in [1.807, 2.05) is 77.4 Å². The summed E-state index contributed by atoms with van der Waals surface area (Å²) in [6, 6.07) is 25.2. The number of carbonyl (C=O) groups excluding carboxylic acids is 1. The minimum atomic E-state index is -0.528. The van der Waals surface area contributed by atoms with Gasteiger partial charge in [0, 0.05) is 11.1 Å². The number of rotatable bonds is 7. The van der Waals surface area contributed by atoms with E-state index in [2.05, 4.69) is 15.0 Å². The van der Waals surface area contributed by atoms with E-state index in [1.54, 1.807) is 12.4 Å². The summed E-state index contributed by atoms with van der Waals surface area (Å²) in [5.74, 6) is -0.528. The van der Waals surface area contributed by atoms with E-state index in [4.69, 9.17) is 10.5 Å². The van der Waals surface area contributed by atoms with E-state index >= 15 is 0 Å². The molecule has 0 unspecified atom stereocenters. The van der Waals surface area contributed by atoms with Gasteiger partial charge in [-0.2, -0.15) is 0 Å². The Morgan fingerprint density at radius 1 is 0.879 bits per heavy atom. The minimum absolute atomic E-state index is 0.283. The number of imidazole rings is 1. The molecule has 1 amide bonds. The van der Waals surface area contributed by atoms with Crippen molar-refractivity contribution in [2.24, 2.45) is 5.73 Å². The van der Waals surface area contributed by atoms with Crippen LogP contribution in [-0.4, -0.2) is 25.4 Å². The Bertz CT molecular complexity index is 1420. The standard InChI is InChI=1S/C26H21N5O2/c27-25(32)21-13-7-12-20(19-10-5-2-6-11-19)22(21)23-24-26(29-15-28-23)31(16-30-24)17-33-14-18-8-3-1-4-9-18/h1-13,15-16H,14,17H2,(H2,27,32). The number of ether oxygens (including phenoxy) is 1. The van der Waals surface area contributed by atoms with Crippen molar-refractivity contribution in [3.8, 4) is 22.4 Å². The fraction of sp³-hybridized carbons (Fsp3) is 0.0769. The predicted molar refractivity (Wildman–Crippen MR) is 126 cm³/mol. The largest absolute Gasteiger partial charge is 0.366 e. The molecule has 0 bridgehead atoms. The Labute approximate surface area is 190 Å². The van der Waals surface area contributed by atoms with Crippen molar-refractivity contribution in [2.75, 3.05) is 0 Å². The average Bonchev–Trinajstić information content (AvgIpc) is 3.28. The third-order valence-corrected chi connectivity index (χ3v) is 5.39. The highest BCUT2D eigenvalue weighted by atomic mass is 16.5. The normalized spacial score (nSPS) is 11.0. The number of benzene rings is 3. The third kappa shape index (κ3) is 4.09. The van der Waals surface area contributed by atoms with Gasteiger partial charge in [-0.25, -0.2) is 15.0 Å². The number of amides is 1. The summed E-state index contributed by atoms with van der Waals surface area (Å²) in [7, 11) is 0. The van der Waals surface area contributed by atoms with Gasteiger partial charge in [0.15, 0.2) is 5.65 Å². The summed E-state index contributed by atoms with van der Waals surface area (Å²) >= 11 is 0. The van der Waals surface area contributed by atoms with Crippen molar-refractivity contribution in [1.29, 1.82) is 0 Å². The molecule has 0 spiro atoms. The van der Waals surface area contributed by atoms with Crippen LogP contribution in [0.5, 0.6) is 0 Å². The molecule has 0 aliphatic heterocycles. The van der Waals surface area contributed by atoms with Gasteiger partial charge in [0.05, 0.1) is 12.9 Å². The Balaban J connectivity index is 1.57. The highest BCUT2D eigenvalue weighted by molar-refractivity contribution is 6.06. The summed E-state index contributed by atoms with van der Waals surface area (Å²) in [6.07, 6.45) is 3.14. The molecule has 5 rings (SSSR count). The first-order chi connectivity index (χ1) is 16.2. The van der Waals surface area contributed by atoms with E-state index in [-0.39, 0.29) is 6.73 Å². The predicted octanol–water partition coefficient (Wildman–Crippen LogP) is 4.43.